The Morgan fingerprint density at radius 2 is 1.59 bits per heavy atom. The van der Waals surface area contributed by atoms with Crippen molar-refractivity contribution in [2.45, 2.75) is 17.2 Å². The number of hydrogen-bond acceptors (Lipinski definition) is 5. The van der Waals surface area contributed by atoms with Crippen LogP contribution in [0.1, 0.15) is 6.42 Å². The number of rotatable bonds is 5. The topological polar surface area (TPSA) is 92.8 Å². The van der Waals surface area contributed by atoms with Gasteiger partial charge in [0.05, 0.1) is 22.6 Å². The zero-order chi connectivity index (χ0) is 20.9. The van der Waals surface area contributed by atoms with Gasteiger partial charge in [0.25, 0.3) is 5.91 Å². The van der Waals surface area contributed by atoms with Gasteiger partial charge in [-0.3, -0.25) is 24.1 Å². The summed E-state index contributed by atoms with van der Waals surface area (Å²) in [5.41, 5.74) is 0.495. The van der Waals surface area contributed by atoms with E-state index in [0.717, 1.165) is 4.90 Å². The first-order chi connectivity index (χ1) is 13.8. The third-order valence-corrected chi connectivity index (χ3v) is 7.43. The summed E-state index contributed by atoms with van der Waals surface area (Å²) in [7, 11) is 0. The van der Waals surface area contributed by atoms with Gasteiger partial charge in [-0.1, -0.05) is 11.6 Å². The molecule has 154 valence electrons. The van der Waals surface area contributed by atoms with Gasteiger partial charge in [-0.15, -0.1) is 23.2 Å². The lowest BCUT2D eigenvalue weighted by atomic mass is 9.80. The number of esters is 1. The van der Waals surface area contributed by atoms with Crippen molar-refractivity contribution in [3.63, 3.8) is 0 Å². The Hall–Kier alpha value is -1.83. The van der Waals surface area contributed by atoms with Gasteiger partial charge in [0, 0.05) is 10.7 Å². The van der Waals surface area contributed by atoms with Crippen molar-refractivity contribution in [1.82, 2.24) is 4.90 Å². The maximum atomic E-state index is 12.7. The number of anilines is 1. The van der Waals surface area contributed by atoms with Gasteiger partial charge in [0.1, 0.15) is 6.54 Å². The molecule has 29 heavy (non-hydrogen) atoms. The summed E-state index contributed by atoms with van der Waals surface area (Å²) in [6, 6.07) is 6.42. The summed E-state index contributed by atoms with van der Waals surface area (Å²) in [6.45, 7) is -1.07. The normalized spacial score (nSPS) is 32.4. The highest BCUT2D eigenvalue weighted by molar-refractivity contribution is 6.31. The van der Waals surface area contributed by atoms with Gasteiger partial charge in [0.15, 0.2) is 6.61 Å². The van der Waals surface area contributed by atoms with Crippen LogP contribution < -0.4 is 5.32 Å². The van der Waals surface area contributed by atoms with E-state index in [-0.39, 0.29) is 22.6 Å². The number of amides is 3. The average Bonchev–Trinajstić information content (AvgIpc) is 3.29. The Kier molecular flexibility index (Phi) is 5.48. The Bertz CT molecular complexity index is 845. The zero-order valence-electron chi connectivity index (χ0n) is 15.0. The minimum Gasteiger partial charge on any atom is -0.454 e. The number of benzene rings is 1. The number of carbonyl (C=O) groups is 4. The van der Waals surface area contributed by atoms with Crippen LogP contribution in [-0.2, 0) is 23.9 Å². The molecule has 1 aromatic rings. The van der Waals surface area contributed by atoms with Gasteiger partial charge in [-0.05, 0) is 42.5 Å². The largest absolute Gasteiger partial charge is 0.454 e. The predicted molar refractivity (Wildman–Crippen MR) is 106 cm³/mol. The number of alkyl halides is 2. The van der Waals surface area contributed by atoms with Gasteiger partial charge in [-0.2, -0.15) is 0 Å². The molecule has 0 radical (unpaired) electrons. The Balaban J connectivity index is 1.31. The molecule has 1 heterocycles. The molecule has 2 aliphatic carbocycles. The minimum absolute atomic E-state index is 0.156. The maximum absolute atomic E-state index is 12.7. The molecule has 3 aliphatic rings. The van der Waals surface area contributed by atoms with Crippen molar-refractivity contribution in [3.05, 3.63) is 29.3 Å². The zero-order valence-corrected chi connectivity index (χ0v) is 17.3. The number of likely N-dealkylation sites (tertiary alicyclic amines) is 1. The quantitative estimate of drug-likeness (QED) is 0.414. The van der Waals surface area contributed by atoms with Crippen LogP contribution in [-0.4, -0.2) is 52.5 Å². The highest BCUT2D eigenvalue weighted by Crippen LogP contribution is 2.59. The van der Waals surface area contributed by atoms with Crippen molar-refractivity contribution < 1.29 is 23.9 Å². The first-order valence-corrected chi connectivity index (χ1v) is 10.4. The second-order valence-corrected chi connectivity index (χ2v) is 8.93. The van der Waals surface area contributed by atoms with E-state index < -0.39 is 48.7 Å². The van der Waals surface area contributed by atoms with E-state index in [0.29, 0.717) is 17.1 Å². The van der Waals surface area contributed by atoms with Crippen molar-refractivity contribution in [1.29, 1.82) is 0 Å². The van der Waals surface area contributed by atoms with Gasteiger partial charge >= 0.3 is 5.97 Å². The summed E-state index contributed by atoms with van der Waals surface area (Å²) in [5.74, 6) is -3.57. The third kappa shape index (κ3) is 3.60. The molecule has 1 saturated heterocycles. The van der Waals surface area contributed by atoms with Crippen LogP contribution in [0.25, 0.3) is 0 Å². The summed E-state index contributed by atoms with van der Waals surface area (Å²) >= 11 is 18.4. The summed E-state index contributed by atoms with van der Waals surface area (Å²) in [6.07, 6.45) is 0.651. The standard InChI is InChI=1S/C19H17Cl3N2O5/c20-8-1-3-9(4-2-8)23-12(25)7-29-13(26)6-24-18(27)14-10-5-11(15(14)19(24)28)17(22)16(10)21/h1-4,10-11,14-17H,5-7H2,(H,23,25)/t10-,11-,14-,15-,16+,17+/m1/s1. The number of halogens is 3. The van der Waals surface area contributed by atoms with E-state index in [9.17, 15) is 19.2 Å². The lowest BCUT2D eigenvalue weighted by Crippen LogP contribution is -2.38. The van der Waals surface area contributed by atoms with Gasteiger partial charge < -0.3 is 10.1 Å². The second-order valence-electron chi connectivity index (χ2n) is 7.48. The smallest absolute Gasteiger partial charge is 0.326 e. The van der Waals surface area contributed by atoms with Crippen LogP contribution in [0, 0.1) is 23.7 Å². The number of carbonyl (C=O) groups excluding carboxylic acids is 4. The molecule has 6 atom stereocenters. The fourth-order valence-corrected chi connectivity index (χ4v) is 5.64. The number of nitrogens with zero attached hydrogens (tertiary/aromatic N) is 1. The Labute approximate surface area is 181 Å². The molecule has 2 bridgehead atoms. The van der Waals surface area contributed by atoms with E-state index in [1.807, 2.05) is 0 Å². The minimum atomic E-state index is -0.838. The Morgan fingerprint density at radius 1 is 1.03 bits per heavy atom. The molecule has 1 aliphatic heterocycles. The average molecular weight is 460 g/mol. The molecule has 3 amide bonds. The highest BCUT2D eigenvalue weighted by atomic mass is 35.5. The fourth-order valence-electron chi connectivity index (χ4n) is 4.62. The van der Waals surface area contributed by atoms with Crippen LogP contribution >= 0.6 is 34.8 Å². The molecule has 1 N–H and O–H groups in total. The number of hydrogen-bond donors (Lipinski definition) is 1. The van der Waals surface area contributed by atoms with Crippen LogP contribution in [0.5, 0.6) is 0 Å². The second kappa shape index (κ2) is 7.78. The van der Waals surface area contributed by atoms with Crippen LogP contribution in [0.3, 0.4) is 0 Å². The van der Waals surface area contributed by atoms with Gasteiger partial charge in [0.2, 0.25) is 11.8 Å². The molecule has 3 fully saturated rings. The molecule has 1 aromatic carbocycles. The summed E-state index contributed by atoms with van der Waals surface area (Å²) in [5, 5.41) is 2.35. The van der Waals surface area contributed by atoms with E-state index in [4.69, 9.17) is 39.5 Å². The molecule has 10 heteroatoms. The number of fused-ring (bicyclic) bond motifs is 5. The molecule has 0 spiro atoms. The van der Waals surface area contributed by atoms with Crippen LogP contribution in [0.15, 0.2) is 24.3 Å². The molecular formula is C19H17Cl3N2O5. The molecular weight excluding hydrogens is 443 g/mol. The predicted octanol–water partition coefficient (Wildman–Crippen LogP) is 2.29. The van der Waals surface area contributed by atoms with E-state index in [1.165, 1.54) is 0 Å². The maximum Gasteiger partial charge on any atom is 0.326 e. The fraction of sp³-hybridized carbons (Fsp3) is 0.474. The molecule has 2 saturated carbocycles. The van der Waals surface area contributed by atoms with E-state index in [2.05, 4.69) is 5.32 Å². The lowest BCUT2D eigenvalue weighted by Gasteiger charge is -2.28. The molecule has 0 aromatic heterocycles. The SMILES string of the molecule is O=C(COC(=O)CN1C(=O)[C@@H]2[C@H]3C[C@@H]([C@H](Cl)[C@H]3Cl)[C@H]2C1=O)Nc1ccc(Cl)cc1. The Morgan fingerprint density at radius 3 is 2.14 bits per heavy atom. The molecule has 7 nitrogen and oxygen atoms in total. The van der Waals surface area contributed by atoms with Crippen LogP contribution in [0.2, 0.25) is 5.02 Å². The lowest BCUT2D eigenvalue weighted by molar-refractivity contribution is -0.154. The molecule has 4 rings (SSSR count). The monoisotopic (exact) mass is 458 g/mol. The number of ether oxygens (including phenoxy) is 1. The van der Waals surface area contributed by atoms with Crippen molar-refractivity contribution in [2.75, 3.05) is 18.5 Å². The first-order valence-electron chi connectivity index (χ1n) is 9.12. The highest BCUT2D eigenvalue weighted by Gasteiger charge is 2.66. The molecule has 0 unspecified atom stereocenters. The third-order valence-electron chi connectivity index (χ3n) is 5.86. The summed E-state index contributed by atoms with van der Waals surface area (Å²) in [4.78, 5) is 50.3. The van der Waals surface area contributed by atoms with Crippen LogP contribution in [0.4, 0.5) is 5.69 Å². The number of imide groups is 1. The van der Waals surface area contributed by atoms with Crippen molar-refractivity contribution in [2.24, 2.45) is 23.7 Å². The first kappa shape index (κ1) is 20.4. The number of nitrogens with one attached hydrogen (secondary N) is 1. The van der Waals surface area contributed by atoms with E-state index in [1.54, 1.807) is 24.3 Å². The van der Waals surface area contributed by atoms with Crippen molar-refractivity contribution in [3.8, 4) is 0 Å². The van der Waals surface area contributed by atoms with E-state index >= 15 is 0 Å². The van der Waals surface area contributed by atoms with Gasteiger partial charge in [-0.25, -0.2) is 0 Å². The van der Waals surface area contributed by atoms with Crippen molar-refractivity contribution >= 4 is 64.2 Å². The summed E-state index contributed by atoms with van der Waals surface area (Å²) < 4.78 is 4.92.